The summed E-state index contributed by atoms with van der Waals surface area (Å²) < 4.78 is 10.8. The lowest BCUT2D eigenvalue weighted by Gasteiger charge is -2.11. The third kappa shape index (κ3) is 7.01. The third-order valence-corrected chi connectivity index (χ3v) is 3.83. The number of carbonyl (C=O) groups is 2. The van der Waals surface area contributed by atoms with Gasteiger partial charge in [0.2, 0.25) is 11.8 Å². The van der Waals surface area contributed by atoms with Crippen LogP contribution < -0.4 is 20.1 Å². The van der Waals surface area contributed by atoms with E-state index in [1.165, 1.54) is 0 Å². The second-order valence-corrected chi connectivity index (χ2v) is 6.02. The van der Waals surface area contributed by atoms with E-state index in [1.807, 2.05) is 49.4 Å². The summed E-state index contributed by atoms with van der Waals surface area (Å²) in [6.45, 7) is 2.62. The Morgan fingerprint density at radius 1 is 0.963 bits per heavy atom. The van der Waals surface area contributed by atoms with Crippen LogP contribution in [0, 0.1) is 0 Å². The first-order valence-electron chi connectivity index (χ1n) is 9.03. The first-order valence-corrected chi connectivity index (χ1v) is 9.03. The van der Waals surface area contributed by atoms with Crippen LogP contribution in [-0.2, 0) is 16.1 Å². The number of carbonyl (C=O) groups excluding carboxylic acids is 2. The molecule has 2 amide bonds. The Bertz CT molecular complexity index is 761. The number of hydrogen-bond acceptors (Lipinski definition) is 4. The highest BCUT2D eigenvalue weighted by molar-refractivity contribution is 5.90. The van der Waals surface area contributed by atoms with Crippen LogP contribution in [0.3, 0.4) is 0 Å². The summed E-state index contributed by atoms with van der Waals surface area (Å²) in [4.78, 5) is 23.7. The van der Waals surface area contributed by atoms with Crippen LogP contribution in [0.5, 0.6) is 11.5 Å². The zero-order chi connectivity index (χ0) is 19.5. The van der Waals surface area contributed by atoms with Gasteiger partial charge >= 0.3 is 0 Å². The minimum Gasteiger partial charge on any atom is -0.493 e. The summed E-state index contributed by atoms with van der Waals surface area (Å²) in [5, 5.41) is 5.71. The van der Waals surface area contributed by atoms with E-state index in [1.54, 1.807) is 13.2 Å². The molecule has 0 aliphatic heterocycles. The maximum Gasteiger partial charge on any atom is 0.224 e. The molecule has 2 aromatic rings. The lowest BCUT2D eigenvalue weighted by atomic mass is 10.2. The van der Waals surface area contributed by atoms with Gasteiger partial charge in [0.05, 0.1) is 20.1 Å². The largest absolute Gasteiger partial charge is 0.493 e. The average Bonchev–Trinajstić information content (AvgIpc) is 2.67. The van der Waals surface area contributed by atoms with Gasteiger partial charge in [0.25, 0.3) is 0 Å². The molecular formula is C21H26N2O4. The zero-order valence-electron chi connectivity index (χ0n) is 15.8. The number of amides is 2. The van der Waals surface area contributed by atoms with Crippen molar-refractivity contribution in [1.82, 2.24) is 5.32 Å². The SMILES string of the molecule is CCCC(=O)Nc1cccc(CNC(=O)CCOc2ccccc2OC)c1. The summed E-state index contributed by atoms with van der Waals surface area (Å²) >= 11 is 0. The number of para-hydroxylation sites is 2. The van der Waals surface area contributed by atoms with Gasteiger partial charge in [-0.05, 0) is 36.2 Å². The van der Waals surface area contributed by atoms with E-state index in [0.29, 0.717) is 24.5 Å². The van der Waals surface area contributed by atoms with E-state index in [9.17, 15) is 9.59 Å². The molecule has 0 aromatic heterocycles. The van der Waals surface area contributed by atoms with E-state index in [0.717, 1.165) is 17.7 Å². The number of nitrogens with one attached hydrogen (secondary N) is 2. The van der Waals surface area contributed by atoms with Crippen molar-refractivity contribution in [2.45, 2.75) is 32.7 Å². The topological polar surface area (TPSA) is 76.7 Å². The highest BCUT2D eigenvalue weighted by Gasteiger charge is 2.06. The molecule has 0 saturated carbocycles. The molecule has 0 spiro atoms. The first kappa shape index (κ1) is 20.3. The van der Waals surface area contributed by atoms with Crippen LogP contribution in [-0.4, -0.2) is 25.5 Å². The van der Waals surface area contributed by atoms with E-state index < -0.39 is 0 Å². The molecule has 0 aliphatic rings. The van der Waals surface area contributed by atoms with Crippen LogP contribution in [0.4, 0.5) is 5.69 Å². The summed E-state index contributed by atoms with van der Waals surface area (Å²) in [6, 6.07) is 14.8. The summed E-state index contributed by atoms with van der Waals surface area (Å²) in [6.07, 6.45) is 1.54. The fourth-order valence-corrected chi connectivity index (χ4v) is 2.49. The van der Waals surface area contributed by atoms with E-state index in [4.69, 9.17) is 9.47 Å². The molecule has 0 unspecified atom stereocenters. The molecule has 0 bridgehead atoms. The van der Waals surface area contributed by atoms with Crippen molar-refractivity contribution >= 4 is 17.5 Å². The smallest absolute Gasteiger partial charge is 0.224 e. The normalized spacial score (nSPS) is 10.1. The Morgan fingerprint density at radius 3 is 2.48 bits per heavy atom. The van der Waals surface area contributed by atoms with E-state index in [2.05, 4.69) is 10.6 Å². The maximum atomic E-state index is 12.0. The molecule has 6 heteroatoms. The number of rotatable bonds is 10. The second-order valence-electron chi connectivity index (χ2n) is 6.02. The van der Waals surface area contributed by atoms with Gasteiger partial charge in [-0.3, -0.25) is 9.59 Å². The molecule has 2 aromatic carbocycles. The number of anilines is 1. The minimum absolute atomic E-state index is 0.00725. The van der Waals surface area contributed by atoms with Crippen molar-refractivity contribution in [3.05, 3.63) is 54.1 Å². The summed E-state index contributed by atoms with van der Waals surface area (Å²) in [7, 11) is 1.58. The lowest BCUT2D eigenvalue weighted by molar-refractivity contribution is -0.121. The van der Waals surface area contributed by atoms with Gasteiger partial charge in [-0.15, -0.1) is 0 Å². The first-order chi connectivity index (χ1) is 13.1. The molecule has 2 N–H and O–H groups in total. The molecule has 6 nitrogen and oxygen atoms in total. The Labute approximate surface area is 159 Å². The van der Waals surface area contributed by atoms with Crippen molar-refractivity contribution in [1.29, 1.82) is 0 Å². The molecule has 0 radical (unpaired) electrons. The molecule has 0 saturated heterocycles. The monoisotopic (exact) mass is 370 g/mol. The lowest BCUT2D eigenvalue weighted by Crippen LogP contribution is -2.24. The number of benzene rings is 2. The van der Waals surface area contributed by atoms with Crippen molar-refractivity contribution in [3.63, 3.8) is 0 Å². The van der Waals surface area contributed by atoms with Gasteiger partial charge in [-0.1, -0.05) is 31.2 Å². The van der Waals surface area contributed by atoms with Gasteiger partial charge in [-0.2, -0.15) is 0 Å². The van der Waals surface area contributed by atoms with Crippen molar-refractivity contribution in [2.75, 3.05) is 19.0 Å². The van der Waals surface area contributed by atoms with Crippen molar-refractivity contribution < 1.29 is 19.1 Å². The number of hydrogen-bond donors (Lipinski definition) is 2. The Hall–Kier alpha value is -3.02. The summed E-state index contributed by atoms with van der Waals surface area (Å²) in [5.74, 6) is 1.14. The molecule has 0 heterocycles. The van der Waals surface area contributed by atoms with Crippen LogP contribution in [0.2, 0.25) is 0 Å². The predicted octanol–water partition coefficient (Wildman–Crippen LogP) is 3.52. The maximum absolute atomic E-state index is 12.0. The quantitative estimate of drug-likeness (QED) is 0.671. The predicted molar refractivity (Wildman–Crippen MR) is 105 cm³/mol. The second kappa shape index (κ2) is 10.9. The van der Waals surface area contributed by atoms with Gasteiger partial charge in [0, 0.05) is 18.7 Å². The van der Waals surface area contributed by atoms with Gasteiger partial charge in [-0.25, -0.2) is 0 Å². The Morgan fingerprint density at radius 2 is 1.74 bits per heavy atom. The third-order valence-electron chi connectivity index (χ3n) is 3.83. The van der Waals surface area contributed by atoms with Gasteiger partial charge in [0.1, 0.15) is 0 Å². The number of ether oxygens (including phenoxy) is 2. The Balaban J connectivity index is 1.76. The molecule has 0 atom stereocenters. The van der Waals surface area contributed by atoms with Gasteiger partial charge in [0.15, 0.2) is 11.5 Å². The standard InChI is InChI=1S/C21H26N2O4/c1-3-7-21(25)23-17-9-6-8-16(14-17)15-22-20(24)12-13-27-19-11-5-4-10-18(19)26-2/h4-6,8-11,14H,3,7,12-13,15H2,1-2H3,(H,22,24)(H,23,25). The van der Waals surface area contributed by atoms with Crippen LogP contribution in [0.15, 0.2) is 48.5 Å². The fourth-order valence-electron chi connectivity index (χ4n) is 2.49. The van der Waals surface area contributed by atoms with Crippen molar-refractivity contribution in [2.24, 2.45) is 0 Å². The highest BCUT2D eigenvalue weighted by Crippen LogP contribution is 2.25. The van der Waals surface area contributed by atoms with Crippen LogP contribution in [0.25, 0.3) is 0 Å². The molecule has 0 aliphatic carbocycles. The fraction of sp³-hybridized carbons (Fsp3) is 0.333. The highest BCUT2D eigenvalue weighted by atomic mass is 16.5. The van der Waals surface area contributed by atoms with Crippen molar-refractivity contribution in [3.8, 4) is 11.5 Å². The summed E-state index contributed by atoms with van der Waals surface area (Å²) in [5.41, 5.74) is 1.66. The van der Waals surface area contributed by atoms with Gasteiger partial charge < -0.3 is 20.1 Å². The zero-order valence-corrected chi connectivity index (χ0v) is 15.8. The molecule has 144 valence electrons. The average molecular weight is 370 g/mol. The molecule has 0 fully saturated rings. The van der Waals surface area contributed by atoms with Crippen LogP contribution in [0.1, 0.15) is 31.7 Å². The minimum atomic E-state index is -0.106. The van der Waals surface area contributed by atoms with E-state index >= 15 is 0 Å². The Kier molecular flexibility index (Phi) is 8.16. The molecular weight excluding hydrogens is 344 g/mol. The molecule has 27 heavy (non-hydrogen) atoms. The van der Waals surface area contributed by atoms with Crippen LogP contribution >= 0.6 is 0 Å². The number of methoxy groups -OCH3 is 1. The van der Waals surface area contributed by atoms with E-state index in [-0.39, 0.29) is 24.8 Å². The molecule has 2 rings (SSSR count).